The highest BCUT2D eigenvalue weighted by molar-refractivity contribution is 5.95. The molecule has 120 valence electrons. The third-order valence-corrected chi connectivity index (χ3v) is 4.37. The Morgan fingerprint density at radius 3 is 2.52 bits per heavy atom. The van der Waals surface area contributed by atoms with E-state index in [-0.39, 0.29) is 17.7 Å². The third-order valence-electron chi connectivity index (χ3n) is 4.37. The van der Waals surface area contributed by atoms with E-state index in [4.69, 9.17) is 9.47 Å². The molecule has 0 bridgehead atoms. The fourth-order valence-electron chi connectivity index (χ4n) is 2.88. The van der Waals surface area contributed by atoms with E-state index >= 15 is 0 Å². The van der Waals surface area contributed by atoms with Gasteiger partial charge in [0.25, 0.3) is 0 Å². The van der Waals surface area contributed by atoms with Crippen molar-refractivity contribution < 1.29 is 14.3 Å². The van der Waals surface area contributed by atoms with Gasteiger partial charge in [-0.1, -0.05) is 24.3 Å². The van der Waals surface area contributed by atoms with E-state index in [1.54, 1.807) is 14.2 Å². The summed E-state index contributed by atoms with van der Waals surface area (Å²) in [6.07, 6.45) is 0.868. The van der Waals surface area contributed by atoms with Crippen LogP contribution in [-0.2, 0) is 4.79 Å². The summed E-state index contributed by atoms with van der Waals surface area (Å²) >= 11 is 0. The van der Waals surface area contributed by atoms with E-state index < -0.39 is 0 Å². The van der Waals surface area contributed by atoms with Gasteiger partial charge in [-0.2, -0.15) is 0 Å². The second kappa shape index (κ2) is 6.32. The van der Waals surface area contributed by atoms with E-state index in [2.05, 4.69) is 5.32 Å². The molecular formula is C19H21NO3. The molecule has 2 aromatic rings. The molecule has 1 amide bonds. The average molecular weight is 311 g/mol. The summed E-state index contributed by atoms with van der Waals surface area (Å²) in [5.74, 6) is 1.76. The molecule has 0 aliphatic heterocycles. The number of methoxy groups -OCH3 is 2. The van der Waals surface area contributed by atoms with E-state index in [9.17, 15) is 4.79 Å². The van der Waals surface area contributed by atoms with E-state index in [1.807, 2.05) is 49.4 Å². The van der Waals surface area contributed by atoms with Crippen molar-refractivity contribution in [3.63, 3.8) is 0 Å². The average Bonchev–Trinajstić information content (AvgIpc) is 3.37. The first-order chi connectivity index (χ1) is 11.1. The molecule has 4 heteroatoms. The fraction of sp³-hybridized carbons (Fsp3) is 0.316. The second-order valence-corrected chi connectivity index (χ2v) is 5.87. The molecule has 2 aromatic carbocycles. The number of hydrogen-bond donors (Lipinski definition) is 1. The molecule has 1 aliphatic rings. The Morgan fingerprint density at radius 2 is 1.83 bits per heavy atom. The zero-order valence-electron chi connectivity index (χ0n) is 13.6. The Hall–Kier alpha value is -2.49. The Labute approximate surface area is 136 Å². The maximum Gasteiger partial charge on any atom is 0.228 e. The zero-order chi connectivity index (χ0) is 16.4. The number of rotatable bonds is 5. The van der Waals surface area contributed by atoms with Crippen molar-refractivity contribution >= 4 is 11.6 Å². The van der Waals surface area contributed by atoms with Gasteiger partial charge in [0.2, 0.25) is 5.91 Å². The van der Waals surface area contributed by atoms with Gasteiger partial charge in [-0.3, -0.25) is 4.79 Å². The summed E-state index contributed by atoms with van der Waals surface area (Å²) in [7, 11) is 3.24. The van der Waals surface area contributed by atoms with Gasteiger partial charge in [0.15, 0.2) is 11.5 Å². The van der Waals surface area contributed by atoms with Gasteiger partial charge in [-0.25, -0.2) is 0 Å². The van der Waals surface area contributed by atoms with Crippen molar-refractivity contribution in [1.82, 2.24) is 0 Å². The van der Waals surface area contributed by atoms with Gasteiger partial charge < -0.3 is 14.8 Å². The van der Waals surface area contributed by atoms with Crippen LogP contribution in [0.4, 0.5) is 5.69 Å². The number of carbonyl (C=O) groups excluding carboxylic acids is 1. The minimum atomic E-state index is 0.0210. The summed E-state index contributed by atoms with van der Waals surface area (Å²) in [5.41, 5.74) is 3.08. The third kappa shape index (κ3) is 3.16. The Kier molecular flexibility index (Phi) is 4.24. The lowest BCUT2D eigenvalue weighted by Gasteiger charge is -2.10. The number of anilines is 1. The number of ether oxygens (including phenoxy) is 2. The molecule has 23 heavy (non-hydrogen) atoms. The molecule has 1 aliphatic carbocycles. The van der Waals surface area contributed by atoms with Crippen molar-refractivity contribution in [1.29, 1.82) is 0 Å². The van der Waals surface area contributed by atoms with E-state index in [0.29, 0.717) is 11.5 Å². The lowest BCUT2D eigenvalue weighted by molar-refractivity contribution is -0.117. The van der Waals surface area contributed by atoms with Crippen LogP contribution in [0.1, 0.15) is 23.5 Å². The smallest absolute Gasteiger partial charge is 0.228 e. The van der Waals surface area contributed by atoms with Crippen LogP contribution in [0.15, 0.2) is 42.5 Å². The summed E-state index contributed by atoms with van der Waals surface area (Å²) in [4.78, 5) is 12.4. The molecule has 0 saturated heterocycles. The van der Waals surface area contributed by atoms with Crippen molar-refractivity contribution in [2.75, 3.05) is 19.5 Å². The summed E-state index contributed by atoms with van der Waals surface area (Å²) in [6.45, 7) is 1.99. The van der Waals surface area contributed by atoms with Crippen LogP contribution in [-0.4, -0.2) is 20.1 Å². The summed E-state index contributed by atoms with van der Waals surface area (Å²) in [5, 5.41) is 3.03. The van der Waals surface area contributed by atoms with Crippen molar-refractivity contribution in [3.05, 3.63) is 53.6 Å². The number of aryl methyl sites for hydroxylation is 1. The number of nitrogens with one attached hydrogen (secondary N) is 1. The van der Waals surface area contributed by atoms with Gasteiger partial charge >= 0.3 is 0 Å². The molecule has 1 fully saturated rings. The largest absolute Gasteiger partial charge is 0.493 e. The van der Waals surface area contributed by atoms with Crippen molar-refractivity contribution in [2.45, 2.75) is 19.3 Å². The second-order valence-electron chi connectivity index (χ2n) is 5.87. The van der Waals surface area contributed by atoms with Crippen LogP contribution in [0.2, 0.25) is 0 Å². The number of benzene rings is 2. The molecule has 1 saturated carbocycles. The fourth-order valence-corrected chi connectivity index (χ4v) is 2.88. The first-order valence-electron chi connectivity index (χ1n) is 7.72. The van der Waals surface area contributed by atoms with Gasteiger partial charge in [0.05, 0.1) is 14.2 Å². The molecule has 2 atom stereocenters. The topological polar surface area (TPSA) is 47.6 Å². The molecule has 0 radical (unpaired) electrons. The Morgan fingerprint density at radius 1 is 1.09 bits per heavy atom. The van der Waals surface area contributed by atoms with Crippen LogP contribution >= 0.6 is 0 Å². The lowest BCUT2D eigenvalue weighted by atomic mass is 10.1. The standard InChI is InChI=1S/C19H21NO3/c1-12-6-4-5-7-16(12)20-19(21)15-11-14(15)13-8-9-17(22-2)18(10-13)23-3/h4-10,14-15H,11H2,1-3H3,(H,20,21). The van der Waals surface area contributed by atoms with Gasteiger partial charge in [-0.15, -0.1) is 0 Å². The van der Waals surface area contributed by atoms with Gasteiger partial charge in [0.1, 0.15) is 0 Å². The number of carbonyl (C=O) groups is 1. The highest BCUT2D eigenvalue weighted by Crippen LogP contribution is 2.49. The number of para-hydroxylation sites is 1. The van der Waals surface area contributed by atoms with Crippen LogP contribution in [0.5, 0.6) is 11.5 Å². The van der Waals surface area contributed by atoms with Crippen molar-refractivity contribution in [3.8, 4) is 11.5 Å². The summed E-state index contributed by atoms with van der Waals surface area (Å²) in [6, 6.07) is 13.7. The number of hydrogen-bond acceptors (Lipinski definition) is 3. The zero-order valence-corrected chi connectivity index (χ0v) is 13.6. The van der Waals surface area contributed by atoms with E-state index in [1.165, 1.54) is 0 Å². The predicted octanol–water partition coefficient (Wildman–Crippen LogP) is 3.75. The molecule has 0 aromatic heterocycles. The molecule has 3 rings (SSSR count). The van der Waals surface area contributed by atoms with Crippen LogP contribution in [0.3, 0.4) is 0 Å². The molecular weight excluding hydrogens is 290 g/mol. The Bertz CT molecular complexity index is 726. The maximum atomic E-state index is 12.4. The molecule has 2 unspecified atom stereocenters. The summed E-state index contributed by atoms with van der Waals surface area (Å²) < 4.78 is 10.6. The minimum Gasteiger partial charge on any atom is -0.493 e. The van der Waals surface area contributed by atoms with Crippen LogP contribution < -0.4 is 14.8 Å². The van der Waals surface area contributed by atoms with E-state index in [0.717, 1.165) is 23.2 Å². The quantitative estimate of drug-likeness (QED) is 0.914. The first-order valence-corrected chi connectivity index (χ1v) is 7.72. The minimum absolute atomic E-state index is 0.0210. The highest BCUT2D eigenvalue weighted by atomic mass is 16.5. The predicted molar refractivity (Wildman–Crippen MR) is 90.2 cm³/mol. The molecule has 0 heterocycles. The monoisotopic (exact) mass is 311 g/mol. The molecule has 1 N–H and O–H groups in total. The van der Waals surface area contributed by atoms with Crippen molar-refractivity contribution in [2.24, 2.45) is 5.92 Å². The van der Waals surface area contributed by atoms with Crippen LogP contribution in [0, 0.1) is 12.8 Å². The SMILES string of the molecule is COc1ccc(C2CC2C(=O)Nc2ccccc2C)cc1OC. The highest BCUT2D eigenvalue weighted by Gasteiger charge is 2.44. The Balaban J connectivity index is 1.69. The lowest BCUT2D eigenvalue weighted by Crippen LogP contribution is -2.15. The van der Waals surface area contributed by atoms with Gasteiger partial charge in [-0.05, 0) is 48.6 Å². The van der Waals surface area contributed by atoms with Crippen LogP contribution in [0.25, 0.3) is 0 Å². The molecule has 0 spiro atoms. The normalized spacial score (nSPS) is 19.1. The molecule has 4 nitrogen and oxygen atoms in total. The number of amides is 1. The maximum absolute atomic E-state index is 12.4. The van der Waals surface area contributed by atoms with Gasteiger partial charge in [0, 0.05) is 11.6 Å². The first kappa shape index (κ1) is 15.4.